The number of rotatable bonds is 3. The van der Waals surface area contributed by atoms with Gasteiger partial charge in [0.2, 0.25) is 5.91 Å². The first-order valence-corrected chi connectivity index (χ1v) is 6.08. The molecule has 16 heavy (non-hydrogen) atoms. The molecule has 0 saturated carbocycles. The molecule has 1 saturated heterocycles. The van der Waals surface area contributed by atoms with E-state index in [9.17, 15) is 9.59 Å². The molecule has 2 atom stereocenters. The molecule has 1 aliphatic heterocycles. The predicted octanol–water partition coefficient (Wildman–Crippen LogP) is 1.74. The van der Waals surface area contributed by atoms with Crippen molar-refractivity contribution in [3.63, 3.8) is 0 Å². The SMILES string of the molecule is CC(c1ccsc1)N1CC(C(=O)O)CC1=O. The molecule has 0 aromatic carbocycles. The van der Waals surface area contributed by atoms with Crippen LogP contribution in [0.15, 0.2) is 16.8 Å². The van der Waals surface area contributed by atoms with E-state index in [1.807, 2.05) is 23.8 Å². The fourth-order valence-corrected chi connectivity index (χ4v) is 2.71. The third-order valence-electron chi connectivity index (χ3n) is 3.00. The fourth-order valence-electron chi connectivity index (χ4n) is 1.96. The summed E-state index contributed by atoms with van der Waals surface area (Å²) in [7, 11) is 0. The second-order valence-corrected chi connectivity index (χ2v) is 4.80. The normalized spacial score (nSPS) is 22.4. The molecule has 2 heterocycles. The first kappa shape index (κ1) is 11.1. The lowest BCUT2D eigenvalue weighted by molar-refractivity contribution is -0.141. The average Bonchev–Trinajstić information content (AvgIpc) is 2.84. The largest absolute Gasteiger partial charge is 0.481 e. The van der Waals surface area contributed by atoms with Gasteiger partial charge in [-0.25, -0.2) is 0 Å². The molecule has 2 rings (SSSR count). The lowest BCUT2D eigenvalue weighted by atomic mass is 10.1. The minimum Gasteiger partial charge on any atom is -0.481 e. The van der Waals surface area contributed by atoms with Crippen LogP contribution in [0.3, 0.4) is 0 Å². The number of aliphatic carboxylic acids is 1. The maximum Gasteiger partial charge on any atom is 0.308 e. The zero-order valence-electron chi connectivity index (χ0n) is 8.92. The van der Waals surface area contributed by atoms with E-state index in [0.717, 1.165) is 5.56 Å². The Balaban J connectivity index is 2.11. The number of nitrogens with zero attached hydrogens (tertiary/aromatic N) is 1. The molecule has 1 fully saturated rings. The molecular weight excluding hydrogens is 226 g/mol. The molecule has 86 valence electrons. The monoisotopic (exact) mass is 239 g/mol. The lowest BCUT2D eigenvalue weighted by Gasteiger charge is -2.23. The van der Waals surface area contributed by atoms with Gasteiger partial charge in [0.1, 0.15) is 0 Å². The molecule has 1 aromatic rings. The van der Waals surface area contributed by atoms with E-state index in [2.05, 4.69) is 0 Å². The minimum atomic E-state index is -0.881. The molecule has 4 nitrogen and oxygen atoms in total. The van der Waals surface area contributed by atoms with Crippen molar-refractivity contribution in [3.05, 3.63) is 22.4 Å². The first-order valence-electron chi connectivity index (χ1n) is 5.14. The van der Waals surface area contributed by atoms with Crippen LogP contribution in [0.1, 0.15) is 24.9 Å². The van der Waals surface area contributed by atoms with E-state index < -0.39 is 11.9 Å². The van der Waals surface area contributed by atoms with Crippen molar-refractivity contribution in [3.8, 4) is 0 Å². The van der Waals surface area contributed by atoms with Gasteiger partial charge in [0.15, 0.2) is 0 Å². The number of amides is 1. The number of carboxylic acids is 1. The van der Waals surface area contributed by atoms with Gasteiger partial charge in [-0.2, -0.15) is 11.3 Å². The number of likely N-dealkylation sites (tertiary alicyclic amines) is 1. The van der Waals surface area contributed by atoms with E-state index in [4.69, 9.17) is 5.11 Å². The smallest absolute Gasteiger partial charge is 0.308 e. The third kappa shape index (κ3) is 1.95. The van der Waals surface area contributed by atoms with Crippen molar-refractivity contribution in [1.29, 1.82) is 0 Å². The van der Waals surface area contributed by atoms with Gasteiger partial charge in [-0.3, -0.25) is 9.59 Å². The van der Waals surface area contributed by atoms with Crippen LogP contribution in [0.5, 0.6) is 0 Å². The van der Waals surface area contributed by atoms with Crippen LogP contribution in [0.4, 0.5) is 0 Å². The maximum atomic E-state index is 11.7. The van der Waals surface area contributed by atoms with Gasteiger partial charge in [-0.15, -0.1) is 0 Å². The van der Waals surface area contributed by atoms with Gasteiger partial charge < -0.3 is 10.0 Å². The average molecular weight is 239 g/mol. The van der Waals surface area contributed by atoms with Crippen LogP contribution in [0.2, 0.25) is 0 Å². The van der Waals surface area contributed by atoms with Gasteiger partial charge in [0, 0.05) is 13.0 Å². The second kappa shape index (κ2) is 4.25. The van der Waals surface area contributed by atoms with E-state index in [0.29, 0.717) is 6.54 Å². The summed E-state index contributed by atoms with van der Waals surface area (Å²) in [5, 5.41) is 12.8. The van der Waals surface area contributed by atoms with E-state index >= 15 is 0 Å². The highest BCUT2D eigenvalue weighted by Crippen LogP contribution is 2.29. The van der Waals surface area contributed by atoms with Crippen molar-refractivity contribution in [2.45, 2.75) is 19.4 Å². The highest BCUT2D eigenvalue weighted by molar-refractivity contribution is 7.07. The standard InChI is InChI=1S/C11H13NO3S/c1-7(8-2-3-16-6-8)12-5-9(11(14)15)4-10(12)13/h2-3,6-7,9H,4-5H2,1H3,(H,14,15). The summed E-state index contributed by atoms with van der Waals surface area (Å²) in [4.78, 5) is 24.2. The Morgan fingerprint density at radius 2 is 2.44 bits per heavy atom. The highest BCUT2D eigenvalue weighted by Gasteiger charge is 2.36. The highest BCUT2D eigenvalue weighted by atomic mass is 32.1. The van der Waals surface area contributed by atoms with Gasteiger partial charge in [-0.1, -0.05) is 0 Å². The molecular formula is C11H13NO3S. The van der Waals surface area contributed by atoms with Crippen LogP contribution in [-0.2, 0) is 9.59 Å². The van der Waals surface area contributed by atoms with E-state index in [1.165, 1.54) is 0 Å². The van der Waals surface area contributed by atoms with Crippen LogP contribution in [-0.4, -0.2) is 28.4 Å². The third-order valence-corrected chi connectivity index (χ3v) is 3.70. The molecule has 0 bridgehead atoms. The lowest BCUT2D eigenvalue weighted by Crippen LogP contribution is -2.29. The summed E-state index contributed by atoms with van der Waals surface area (Å²) >= 11 is 1.58. The Hall–Kier alpha value is -1.36. The van der Waals surface area contributed by atoms with Crippen molar-refractivity contribution in [1.82, 2.24) is 4.90 Å². The molecule has 1 amide bonds. The van der Waals surface area contributed by atoms with Crippen molar-refractivity contribution >= 4 is 23.2 Å². The molecule has 5 heteroatoms. The van der Waals surface area contributed by atoms with Gasteiger partial charge in [-0.05, 0) is 29.3 Å². The predicted molar refractivity (Wildman–Crippen MR) is 60.2 cm³/mol. The number of hydrogen-bond acceptors (Lipinski definition) is 3. The second-order valence-electron chi connectivity index (χ2n) is 4.02. The number of thiophene rings is 1. The minimum absolute atomic E-state index is 0.0249. The first-order chi connectivity index (χ1) is 7.59. The Bertz CT molecular complexity index is 401. The van der Waals surface area contributed by atoms with Crippen LogP contribution >= 0.6 is 11.3 Å². The van der Waals surface area contributed by atoms with Crippen LogP contribution in [0.25, 0.3) is 0 Å². The van der Waals surface area contributed by atoms with Crippen molar-refractivity contribution < 1.29 is 14.7 Å². The Kier molecular flexibility index (Phi) is 2.96. The fraction of sp³-hybridized carbons (Fsp3) is 0.455. The quantitative estimate of drug-likeness (QED) is 0.874. The Morgan fingerprint density at radius 1 is 1.69 bits per heavy atom. The van der Waals surface area contributed by atoms with E-state index in [1.54, 1.807) is 16.2 Å². The number of hydrogen-bond donors (Lipinski definition) is 1. The Morgan fingerprint density at radius 3 is 2.94 bits per heavy atom. The van der Waals surface area contributed by atoms with Crippen LogP contribution < -0.4 is 0 Å². The number of carbonyl (C=O) groups is 2. The number of carboxylic acid groups (broad SMARTS) is 1. The molecule has 0 spiro atoms. The van der Waals surface area contributed by atoms with Gasteiger partial charge in [0.25, 0.3) is 0 Å². The Labute approximate surface area is 97.5 Å². The summed E-state index contributed by atoms with van der Waals surface area (Å²) < 4.78 is 0. The zero-order valence-corrected chi connectivity index (χ0v) is 9.74. The summed E-state index contributed by atoms with van der Waals surface area (Å²) in [6.07, 6.45) is 0.129. The maximum absolute atomic E-state index is 11.7. The van der Waals surface area contributed by atoms with Gasteiger partial charge >= 0.3 is 5.97 Å². The zero-order chi connectivity index (χ0) is 11.7. The van der Waals surface area contributed by atoms with Gasteiger partial charge in [0.05, 0.1) is 12.0 Å². The van der Waals surface area contributed by atoms with Crippen LogP contribution in [0, 0.1) is 5.92 Å². The van der Waals surface area contributed by atoms with E-state index in [-0.39, 0.29) is 18.4 Å². The summed E-state index contributed by atoms with van der Waals surface area (Å²) in [5.41, 5.74) is 1.07. The summed E-state index contributed by atoms with van der Waals surface area (Å²) in [5.74, 6) is -1.49. The topological polar surface area (TPSA) is 57.6 Å². The summed E-state index contributed by atoms with van der Waals surface area (Å²) in [6, 6.07) is 1.94. The molecule has 1 aliphatic rings. The molecule has 1 N–H and O–H groups in total. The molecule has 0 radical (unpaired) electrons. The molecule has 1 aromatic heterocycles. The molecule has 0 aliphatic carbocycles. The molecule has 2 unspecified atom stereocenters. The number of carbonyl (C=O) groups excluding carboxylic acids is 1. The summed E-state index contributed by atoms with van der Waals surface area (Å²) in [6.45, 7) is 2.26. The van der Waals surface area contributed by atoms with Crippen molar-refractivity contribution in [2.24, 2.45) is 5.92 Å². The van der Waals surface area contributed by atoms with Crippen molar-refractivity contribution in [2.75, 3.05) is 6.54 Å².